The van der Waals surface area contributed by atoms with Gasteiger partial charge in [-0.2, -0.15) is 0 Å². The summed E-state index contributed by atoms with van der Waals surface area (Å²) >= 11 is 1.51. The van der Waals surface area contributed by atoms with E-state index in [1.54, 1.807) is 0 Å². The molecule has 0 amide bonds. The van der Waals surface area contributed by atoms with Gasteiger partial charge in [-0.3, -0.25) is 0 Å². The Morgan fingerprint density at radius 1 is 1.20 bits per heavy atom. The van der Waals surface area contributed by atoms with E-state index in [0.717, 1.165) is 0 Å². The van der Waals surface area contributed by atoms with Gasteiger partial charge in [-0.05, 0) is 0 Å². The van der Waals surface area contributed by atoms with Crippen LogP contribution in [0.4, 0.5) is 0 Å². The number of aryl methyl sites for hydroxylation is 1. The molecule has 0 N–H and O–H groups in total. The van der Waals surface area contributed by atoms with Crippen LogP contribution in [-0.4, -0.2) is 22.5 Å². The van der Waals surface area contributed by atoms with Crippen molar-refractivity contribution in [2.24, 2.45) is 0 Å². The molecule has 0 fully saturated rings. The van der Waals surface area contributed by atoms with Crippen molar-refractivity contribution in [3.05, 3.63) is 29.3 Å². The van der Waals surface area contributed by atoms with E-state index in [1.807, 2.05) is 0 Å². The van der Waals surface area contributed by atoms with Crippen molar-refractivity contribution in [3.63, 3.8) is 0 Å². The molecule has 0 unspecified atom stereocenters. The first kappa shape index (κ1) is 10.3. The van der Waals surface area contributed by atoms with Gasteiger partial charge in [0.25, 0.3) is 0 Å². The first-order valence-electron chi connectivity index (χ1n) is 2.99. The van der Waals surface area contributed by atoms with E-state index in [2.05, 4.69) is 32.0 Å². The predicted molar refractivity (Wildman–Crippen MR) is 48.6 cm³/mol. The fourth-order valence-corrected chi connectivity index (χ4v) is 1.59. The van der Waals surface area contributed by atoms with Crippen molar-refractivity contribution in [2.75, 3.05) is 0 Å². The zero-order chi connectivity index (χ0) is 6.85. The molecular formula is C8H10ClSn. The Kier molecular flexibility index (Phi) is 4.37. The Bertz CT molecular complexity index is 200. The van der Waals surface area contributed by atoms with Gasteiger partial charge in [0.2, 0.25) is 0 Å². The molecule has 10 heavy (non-hydrogen) atoms. The van der Waals surface area contributed by atoms with Gasteiger partial charge in [0.15, 0.2) is 0 Å². The van der Waals surface area contributed by atoms with Gasteiger partial charge in [-0.1, -0.05) is 0 Å². The molecule has 0 aliphatic rings. The maximum Gasteiger partial charge on any atom is -0.147 e. The fraction of sp³-hybridized carbons (Fsp3) is 0.250. The summed E-state index contributed by atoms with van der Waals surface area (Å²) in [6.45, 7) is 4.34. The van der Waals surface area contributed by atoms with Crippen molar-refractivity contribution in [2.45, 2.75) is 13.8 Å². The second kappa shape index (κ2) is 4.24. The SMILES string of the molecule is Cc1ccc[c]([Sn])c1C.Cl. The van der Waals surface area contributed by atoms with Gasteiger partial charge in [0.05, 0.1) is 0 Å². The van der Waals surface area contributed by atoms with Crippen LogP contribution in [0.15, 0.2) is 18.2 Å². The summed E-state index contributed by atoms with van der Waals surface area (Å²) in [5.41, 5.74) is 2.86. The summed E-state index contributed by atoms with van der Waals surface area (Å²) in [5, 5.41) is 0. The van der Waals surface area contributed by atoms with Gasteiger partial charge in [0.1, 0.15) is 0 Å². The van der Waals surface area contributed by atoms with Crippen LogP contribution in [0.1, 0.15) is 11.1 Å². The fourth-order valence-electron chi connectivity index (χ4n) is 0.751. The average molecular weight is 260 g/mol. The molecule has 1 aromatic carbocycles. The van der Waals surface area contributed by atoms with Crippen LogP contribution in [0.5, 0.6) is 0 Å². The Balaban J connectivity index is 0.000000810. The molecular weight excluding hydrogens is 250 g/mol. The second-order valence-electron chi connectivity index (χ2n) is 2.25. The van der Waals surface area contributed by atoms with Crippen LogP contribution in [-0.2, 0) is 0 Å². The maximum atomic E-state index is 2.18. The minimum atomic E-state index is 0. The molecule has 0 aromatic heterocycles. The largest absolute Gasteiger partial charge is 0.147 e. The molecule has 0 aliphatic carbocycles. The van der Waals surface area contributed by atoms with E-state index in [9.17, 15) is 0 Å². The van der Waals surface area contributed by atoms with E-state index < -0.39 is 0 Å². The summed E-state index contributed by atoms with van der Waals surface area (Å²) in [6.07, 6.45) is 0. The molecule has 0 bridgehead atoms. The summed E-state index contributed by atoms with van der Waals surface area (Å²) in [6, 6.07) is 6.45. The van der Waals surface area contributed by atoms with E-state index in [4.69, 9.17) is 0 Å². The van der Waals surface area contributed by atoms with E-state index in [0.29, 0.717) is 0 Å². The zero-order valence-corrected chi connectivity index (χ0v) is 9.81. The van der Waals surface area contributed by atoms with Crippen molar-refractivity contribution in [3.8, 4) is 0 Å². The van der Waals surface area contributed by atoms with Gasteiger partial charge in [-0.25, -0.2) is 0 Å². The monoisotopic (exact) mass is 261 g/mol. The van der Waals surface area contributed by atoms with Crippen molar-refractivity contribution in [1.29, 1.82) is 0 Å². The van der Waals surface area contributed by atoms with Gasteiger partial charge < -0.3 is 0 Å². The Morgan fingerprint density at radius 2 is 1.80 bits per heavy atom. The molecule has 0 aliphatic heterocycles. The third kappa shape index (κ3) is 2.17. The maximum absolute atomic E-state index is 2.18. The molecule has 3 radical (unpaired) electrons. The third-order valence-electron chi connectivity index (χ3n) is 1.60. The molecule has 2 heteroatoms. The number of halogens is 1. The van der Waals surface area contributed by atoms with Gasteiger partial charge in [-0.15, -0.1) is 12.4 Å². The number of hydrogen-bond acceptors (Lipinski definition) is 0. The molecule has 0 heterocycles. The predicted octanol–water partition coefficient (Wildman–Crippen LogP) is 1.52. The van der Waals surface area contributed by atoms with Crippen LogP contribution in [0.25, 0.3) is 0 Å². The quantitative estimate of drug-likeness (QED) is 0.620. The van der Waals surface area contributed by atoms with Crippen molar-refractivity contribution in [1.82, 2.24) is 0 Å². The Morgan fingerprint density at radius 3 is 2.20 bits per heavy atom. The Hall–Kier alpha value is 0.309. The summed E-state index contributed by atoms with van der Waals surface area (Å²) in [7, 11) is 0. The molecule has 53 valence electrons. The molecule has 0 spiro atoms. The van der Waals surface area contributed by atoms with E-state index in [-0.39, 0.29) is 12.4 Å². The topological polar surface area (TPSA) is 0 Å². The van der Waals surface area contributed by atoms with Crippen molar-refractivity contribution < 1.29 is 0 Å². The molecule has 0 atom stereocenters. The first-order chi connectivity index (χ1) is 4.22. The zero-order valence-electron chi connectivity index (χ0n) is 6.14. The molecule has 1 aromatic rings. The minimum absolute atomic E-state index is 0. The van der Waals surface area contributed by atoms with Gasteiger partial charge >= 0.3 is 69.3 Å². The smallest absolute Gasteiger partial charge is 0.147 e. The van der Waals surface area contributed by atoms with Crippen LogP contribution in [0, 0.1) is 13.8 Å². The second-order valence-corrected chi connectivity index (χ2v) is 3.78. The van der Waals surface area contributed by atoms with Crippen LogP contribution in [0.3, 0.4) is 0 Å². The Labute approximate surface area is 81.5 Å². The average Bonchev–Trinajstić information content (AvgIpc) is 1.83. The van der Waals surface area contributed by atoms with E-state index in [1.165, 1.54) is 37.2 Å². The summed E-state index contributed by atoms with van der Waals surface area (Å²) in [4.78, 5) is 0. The summed E-state index contributed by atoms with van der Waals surface area (Å²) in [5.74, 6) is 0. The van der Waals surface area contributed by atoms with Crippen LogP contribution < -0.4 is 3.58 Å². The van der Waals surface area contributed by atoms with Crippen LogP contribution >= 0.6 is 12.4 Å². The van der Waals surface area contributed by atoms with E-state index >= 15 is 0 Å². The number of hydrogen-bond donors (Lipinski definition) is 0. The van der Waals surface area contributed by atoms with Gasteiger partial charge in [0, 0.05) is 0 Å². The van der Waals surface area contributed by atoms with Crippen molar-refractivity contribution >= 4 is 38.5 Å². The first-order valence-corrected chi connectivity index (χ1v) is 4.42. The summed E-state index contributed by atoms with van der Waals surface area (Å²) < 4.78 is 1.47. The minimum Gasteiger partial charge on any atom is -0.147 e. The third-order valence-corrected chi connectivity index (χ3v) is 3.15. The standard InChI is InChI=1S/C8H9.ClH.Sn/c1-7-5-3-4-6-8(7)2;;/h3-5H,1-2H3;1H;. The normalized spacial score (nSPS) is 8.70. The molecule has 0 nitrogen and oxygen atoms in total. The molecule has 1 rings (SSSR count). The number of benzene rings is 1. The molecule has 0 saturated heterocycles. The van der Waals surface area contributed by atoms with Crippen LogP contribution in [0.2, 0.25) is 0 Å². The number of rotatable bonds is 0. The molecule has 0 saturated carbocycles.